The van der Waals surface area contributed by atoms with E-state index in [1.54, 1.807) is 0 Å². The van der Waals surface area contributed by atoms with Gasteiger partial charge in [0, 0.05) is 22.3 Å². The van der Waals surface area contributed by atoms with Gasteiger partial charge in [0.15, 0.2) is 0 Å². The molecule has 11 rings (SSSR count). The van der Waals surface area contributed by atoms with E-state index in [2.05, 4.69) is 224 Å². The zero-order valence-electron chi connectivity index (χ0n) is 33.0. The Labute approximate surface area is 350 Å². The third-order valence-electron chi connectivity index (χ3n) is 12.0. The quantitative estimate of drug-likeness (QED) is 0.140. The summed E-state index contributed by atoms with van der Waals surface area (Å²) >= 11 is 0. The Balaban J connectivity index is 0.987. The van der Waals surface area contributed by atoms with Crippen LogP contribution in [0.2, 0.25) is 0 Å². The van der Waals surface area contributed by atoms with Crippen molar-refractivity contribution in [2.24, 2.45) is 0 Å². The highest BCUT2D eigenvalue weighted by atomic mass is 16.3. The zero-order valence-corrected chi connectivity index (χ0v) is 33.0. The van der Waals surface area contributed by atoms with Gasteiger partial charge >= 0.3 is 0 Å². The van der Waals surface area contributed by atoms with Gasteiger partial charge in [0.05, 0.1) is 0 Å². The molecule has 282 valence electrons. The van der Waals surface area contributed by atoms with E-state index in [4.69, 9.17) is 4.42 Å². The van der Waals surface area contributed by atoms with Crippen LogP contribution in [0.4, 0.5) is 0 Å². The Morgan fingerprint density at radius 3 is 1.52 bits per heavy atom. The number of furan rings is 1. The van der Waals surface area contributed by atoms with Crippen LogP contribution in [-0.2, 0) is 0 Å². The van der Waals surface area contributed by atoms with Gasteiger partial charge in [-0.05, 0) is 95.7 Å². The third-order valence-corrected chi connectivity index (χ3v) is 12.0. The summed E-state index contributed by atoms with van der Waals surface area (Å²) in [7, 11) is 0. The van der Waals surface area contributed by atoms with E-state index in [-0.39, 0.29) is 5.92 Å². The monoisotopic (exact) mass is 764 g/mol. The number of hydrogen-bond acceptors (Lipinski definition) is 1. The molecular formula is C59H40O. The lowest BCUT2D eigenvalue weighted by Crippen LogP contribution is -2.04. The van der Waals surface area contributed by atoms with Crippen molar-refractivity contribution in [1.29, 1.82) is 0 Å². The zero-order chi connectivity index (χ0) is 39.8. The van der Waals surface area contributed by atoms with Gasteiger partial charge in [0.25, 0.3) is 0 Å². The second-order valence-corrected chi connectivity index (χ2v) is 15.6. The lowest BCUT2D eigenvalue weighted by Gasteiger charge is -2.21. The summed E-state index contributed by atoms with van der Waals surface area (Å²) < 4.78 is 6.45. The van der Waals surface area contributed by atoms with Gasteiger partial charge in [0.2, 0.25) is 0 Å². The summed E-state index contributed by atoms with van der Waals surface area (Å²) in [6.07, 6.45) is 0. The van der Waals surface area contributed by atoms with Crippen LogP contribution in [0.3, 0.4) is 0 Å². The van der Waals surface area contributed by atoms with E-state index in [0.29, 0.717) is 0 Å². The Bertz CT molecular complexity index is 3290. The summed E-state index contributed by atoms with van der Waals surface area (Å²) in [6, 6.07) is 85.8. The van der Waals surface area contributed by atoms with Gasteiger partial charge in [-0.1, -0.05) is 218 Å². The van der Waals surface area contributed by atoms with Crippen molar-refractivity contribution in [2.75, 3.05) is 0 Å². The highest BCUT2D eigenvalue weighted by Gasteiger charge is 2.19. The molecule has 1 nitrogen and oxygen atoms in total. The number of benzene rings is 10. The second-order valence-electron chi connectivity index (χ2n) is 15.6. The molecule has 0 N–H and O–H groups in total. The van der Waals surface area contributed by atoms with Crippen molar-refractivity contribution < 1.29 is 4.42 Å². The maximum absolute atomic E-state index is 6.45. The fourth-order valence-electron chi connectivity index (χ4n) is 9.03. The van der Waals surface area contributed by atoms with Crippen molar-refractivity contribution in [3.8, 4) is 55.6 Å². The molecule has 1 aromatic heterocycles. The SMILES string of the molecule is c1ccc(-c2cccc(-c3ccc(C(c4ccc(-c5cccc6ccccc56)cc4)c4cccc(-c5cccc(-c6cccc7c6oc6ccccc67)c5)c4)cc3)c2)cc1. The maximum atomic E-state index is 6.45. The van der Waals surface area contributed by atoms with E-state index in [0.717, 1.165) is 33.1 Å². The summed E-state index contributed by atoms with van der Waals surface area (Å²) in [6.45, 7) is 0. The number of hydrogen-bond donors (Lipinski definition) is 0. The molecule has 0 aliphatic rings. The normalized spacial score (nSPS) is 11.9. The van der Waals surface area contributed by atoms with E-state index in [1.165, 1.54) is 72.0 Å². The summed E-state index contributed by atoms with van der Waals surface area (Å²) in [4.78, 5) is 0. The molecule has 60 heavy (non-hydrogen) atoms. The van der Waals surface area contributed by atoms with Gasteiger partial charge in [-0.2, -0.15) is 0 Å². The maximum Gasteiger partial charge on any atom is 0.143 e. The molecular weight excluding hydrogens is 725 g/mol. The highest BCUT2D eigenvalue weighted by molar-refractivity contribution is 6.09. The van der Waals surface area contributed by atoms with Crippen LogP contribution in [0.25, 0.3) is 88.3 Å². The van der Waals surface area contributed by atoms with E-state index >= 15 is 0 Å². The Morgan fingerprint density at radius 1 is 0.267 bits per heavy atom. The third kappa shape index (κ3) is 6.57. The minimum atomic E-state index is 0.0173. The lowest BCUT2D eigenvalue weighted by molar-refractivity contribution is 0.670. The number of rotatable bonds is 8. The van der Waals surface area contributed by atoms with Crippen LogP contribution in [0.15, 0.2) is 241 Å². The summed E-state index contributed by atoms with van der Waals surface area (Å²) in [5.74, 6) is 0.0173. The van der Waals surface area contributed by atoms with Gasteiger partial charge < -0.3 is 4.42 Å². The van der Waals surface area contributed by atoms with Crippen LogP contribution in [0.1, 0.15) is 22.6 Å². The average molecular weight is 765 g/mol. The molecule has 0 aliphatic heterocycles. The molecule has 10 aromatic carbocycles. The molecule has 11 aromatic rings. The minimum absolute atomic E-state index is 0.0173. The Morgan fingerprint density at radius 2 is 0.750 bits per heavy atom. The predicted octanol–water partition coefficient (Wildman–Crippen LogP) is 16.3. The number of fused-ring (bicyclic) bond motifs is 4. The second kappa shape index (κ2) is 15.2. The first-order valence-corrected chi connectivity index (χ1v) is 20.7. The molecule has 0 fully saturated rings. The standard InChI is InChI=1S/C59H40O/c1-2-13-40(14-3-1)46-17-8-18-47(37-46)41-29-33-44(34-30-41)58(45-35-31-43(32-36-45)53-25-11-16-42-15-4-5-23-52(42)53)51-22-10-20-49(39-51)48-19-9-21-50(38-48)54-26-12-27-56-55-24-6-7-28-57(55)60-59(54)56/h1-39,58H. The minimum Gasteiger partial charge on any atom is -0.455 e. The van der Waals surface area contributed by atoms with Crippen LogP contribution in [0.5, 0.6) is 0 Å². The first-order chi connectivity index (χ1) is 29.7. The summed E-state index contributed by atoms with van der Waals surface area (Å²) in [5.41, 5.74) is 17.5. The molecule has 0 saturated heterocycles. The Hall–Kier alpha value is -7.74. The lowest BCUT2D eigenvalue weighted by atomic mass is 9.82. The fourth-order valence-corrected chi connectivity index (χ4v) is 9.03. The topological polar surface area (TPSA) is 13.1 Å². The molecule has 1 heteroatoms. The van der Waals surface area contributed by atoms with Crippen LogP contribution in [0, 0.1) is 0 Å². The van der Waals surface area contributed by atoms with Crippen molar-refractivity contribution in [1.82, 2.24) is 0 Å². The van der Waals surface area contributed by atoms with Crippen molar-refractivity contribution in [3.05, 3.63) is 253 Å². The van der Waals surface area contributed by atoms with Gasteiger partial charge in [-0.3, -0.25) is 0 Å². The molecule has 0 amide bonds. The van der Waals surface area contributed by atoms with Crippen LogP contribution >= 0.6 is 0 Å². The number of para-hydroxylation sites is 2. The Kier molecular flexibility index (Phi) is 8.98. The predicted molar refractivity (Wildman–Crippen MR) is 252 cm³/mol. The van der Waals surface area contributed by atoms with E-state index < -0.39 is 0 Å². The van der Waals surface area contributed by atoms with Crippen molar-refractivity contribution >= 4 is 32.7 Å². The van der Waals surface area contributed by atoms with Gasteiger partial charge in [0.1, 0.15) is 11.2 Å². The summed E-state index contributed by atoms with van der Waals surface area (Å²) in [5, 5.41) is 4.80. The van der Waals surface area contributed by atoms with E-state index in [9.17, 15) is 0 Å². The van der Waals surface area contributed by atoms with Gasteiger partial charge in [-0.15, -0.1) is 0 Å². The highest BCUT2D eigenvalue weighted by Crippen LogP contribution is 2.40. The molecule has 0 spiro atoms. The van der Waals surface area contributed by atoms with Crippen molar-refractivity contribution in [2.45, 2.75) is 5.92 Å². The van der Waals surface area contributed by atoms with Crippen LogP contribution < -0.4 is 0 Å². The molecule has 0 aliphatic carbocycles. The van der Waals surface area contributed by atoms with Crippen LogP contribution in [-0.4, -0.2) is 0 Å². The molecule has 1 heterocycles. The first-order valence-electron chi connectivity index (χ1n) is 20.7. The average Bonchev–Trinajstić information content (AvgIpc) is 3.72. The first kappa shape index (κ1) is 35.4. The fraction of sp³-hybridized carbons (Fsp3) is 0.0169. The van der Waals surface area contributed by atoms with Gasteiger partial charge in [-0.25, -0.2) is 0 Å². The van der Waals surface area contributed by atoms with Crippen molar-refractivity contribution in [3.63, 3.8) is 0 Å². The largest absolute Gasteiger partial charge is 0.455 e. The molecule has 1 atom stereocenters. The molecule has 1 unspecified atom stereocenters. The molecule has 0 bridgehead atoms. The molecule has 0 saturated carbocycles. The molecule has 0 radical (unpaired) electrons. The smallest absolute Gasteiger partial charge is 0.143 e. The van der Waals surface area contributed by atoms with E-state index in [1.807, 2.05) is 12.1 Å².